The zero-order chi connectivity index (χ0) is 16.3. The third kappa shape index (κ3) is 3.99. The van der Waals surface area contributed by atoms with Gasteiger partial charge in [-0.2, -0.15) is 8.42 Å². The summed E-state index contributed by atoms with van der Waals surface area (Å²) in [4.78, 5) is 11.0. The minimum Gasteiger partial charge on any atom is -0.379 e. The Morgan fingerprint density at radius 1 is 1.14 bits per heavy atom. The van der Waals surface area contributed by atoms with Gasteiger partial charge in [0.25, 0.3) is 0 Å². The third-order valence-electron chi connectivity index (χ3n) is 2.80. The van der Waals surface area contributed by atoms with E-state index in [1.165, 1.54) is 37.3 Å². The molecule has 0 heterocycles. The van der Waals surface area contributed by atoms with Gasteiger partial charge in [0.05, 0.1) is 0 Å². The number of benzene rings is 2. The Morgan fingerprint density at radius 2 is 1.77 bits per heavy atom. The molecule has 22 heavy (non-hydrogen) atoms. The van der Waals surface area contributed by atoms with E-state index in [-0.39, 0.29) is 16.6 Å². The molecule has 0 aliphatic heterocycles. The van der Waals surface area contributed by atoms with Crippen molar-refractivity contribution in [2.24, 2.45) is 0 Å². The number of hydrogen-bond acceptors (Lipinski definition) is 4. The van der Waals surface area contributed by atoms with Crippen LogP contribution >= 0.6 is 11.6 Å². The number of rotatable bonds is 4. The van der Waals surface area contributed by atoms with Gasteiger partial charge in [0.1, 0.15) is 10.6 Å². The smallest absolute Gasteiger partial charge is 0.339 e. The van der Waals surface area contributed by atoms with Crippen molar-refractivity contribution in [1.29, 1.82) is 0 Å². The van der Waals surface area contributed by atoms with Crippen molar-refractivity contribution < 1.29 is 17.4 Å². The molecule has 1 amide bonds. The maximum absolute atomic E-state index is 12.2. The monoisotopic (exact) mass is 339 g/mol. The van der Waals surface area contributed by atoms with E-state index in [0.29, 0.717) is 16.3 Å². The van der Waals surface area contributed by atoms with Gasteiger partial charge in [0, 0.05) is 17.6 Å². The van der Waals surface area contributed by atoms with Crippen molar-refractivity contribution >= 4 is 33.3 Å². The lowest BCUT2D eigenvalue weighted by atomic mass is 10.2. The summed E-state index contributed by atoms with van der Waals surface area (Å²) in [5, 5.41) is 3.07. The van der Waals surface area contributed by atoms with Crippen LogP contribution in [0.5, 0.6) is 5.75 Å². The van der Waals surface area contributed by atoms with Crippen LogP contribution in [-0.2, 0) is 14.9 Å². The highest BCUT2D eigenvalue weighted by Crippen LogP contribution is 2.24. The van der Waals surface area contributed by atoms with Gasteiger partial charge in [0.15, 0.2) is 0 Å². The molecule has 0 fully saturated rings. The number of carbonyl (C=O) groups excluding carboxylic acids is 1. The zero-order valence-electron chi connectivity index (χ0n) is 12.0. The molecule has 5 nitrogen and oxygen atoms in total. The van der Waals surface area contributed by atoms with E-state index in [0.717, 1.165) is 0 Å². The van der Waals surface area contributed by atoms with E-state index in [1.54, 1.807) is 19.1 Å². The summed E-state index contributed by atoms with van der Waals surface area (Å²) in [5.41, 5.74) is 1.20. The second kappa shape index (κ2) is 6.37. The molecule has 2 aromatic rings. The van der Waals surface area contributed by atoms with Crippen LogP contribution in [0.1, 0.15) is 12.5 Å². The molecular weight excluding hydrogens is 326 g/mol. The van der Waals surface area contributed by atoms with Gasteiger partial charge in [-0.05, 0) is 55.0 Å². The van der Waals surface area contributed by atoms with Crippen molar-refractivity contribution in [1.82, 2.24) is 0 Å². The number of nitrogens with one attached hydrogen (secondary N) is 1. The molecule has 0 radical (unpaired) electrons. The van der Waals surface area contributed by atoms with Gasteiger partial charge in [-0.25, -0.2) is 0 Å². The molecule has 0 atom stereocenters. The molecule has 0 aliphatic rings. The predicted molar refractivity (Wildman–Crippen MR) is 84.7 cm³/mol. The summed E-state index contributed by atoms with van der Waals surface area (Å²) < 4.78 is 29.4. The lowest BCUT2D eigenvalue weighted by Crippen LogP contribution is -2.10. The van der Waals surface area contributed by atoms with E-state index in [1.807, 2.05) is 0 Å². The first-order chi connectivity index (χ1) is 10.3. The average molecular weight is 340 g/mol. The molecule has 0 aromatic heterocycles. The summed E-state index contributed by atoms with van der Waals surface area (Å²) in [6.45, 7) is 3.10. The van der Waals surface area contributed by atoms with Crippen molar-refractivity contribution in [3.05, 3.63) is 53.1 Å². The van der Waals surface area contributed by atoms with Gasteiger partial charge in [-0.3, -0.25) is 4.79 Å². The van der Waals surface area contributed by atoms with Crippen LogP contribution in [0.15, 0.2) is 47.4 Å². The first-order valence-corrected chi connectivity index (χ1v) is 8.15. The van der Waals surface area contributed by atoms with Crippen LogP contribution in [0.3, 0.4) is 0 Å². The van der Waals surface area contributed by atoms with Crippen LogP contribution in [-0.4, -0.2) is 14.3 Å². The number of aryl methyl sites for hydroxylation is 1. The highest BCUT2D eigenvalue weighted by molar-refractivity contribution is 7.87. The average Bonchev–Trinajstić information content (AvgIpc) is 2.43. The molecule has 0 unspecified atom stereocenters. The molecule has 116 valence electrons. The summed E-state index contributed by atoms with van der Waals surface area (Å²) >= 11 is 5.88. The summed E-state index contributed by atoms with van der Waals surface area (Å²) in [5.74, 6) is -0.0559. The number of anilines is 1. The predicted octanol–water partition coefficient (Wildman–Crippen LogP) is 3.37. The SMILES string of the molecule is CC(=O)Nc1ccc(OS(=O)(=O)c2ccc(Cl)c(C)c2)cc1. The normalized spacial score (nSPS) is 11.0. The third-order valence-corrected chi connectivity index (χ3v) is 4.47. The fourth-order valence-electron chi connectivity index (χ4n) is 1.74. The first-order valence-electron chi connectivity index (χ1n) is 6.36. The molecule has 0 spiro atoms. The number of halogens is 1. The Morgan fingerprint density at radius 3 is 2.32 bits per heavy atom. The molecule has 2 rings (SSSR count). The van der Waals surface area contributed by atoms with Crippen molar-refractivity contribution in [3.63, 3.8) is 0 Å². The molecule has 0 aliphatic carbocycles. The summed E-state index contributed by atoms with van der Waals surface area (Å²) in [7, 11) is -3.93. The second-order valence-electron chi connectivity index (χ2n) is 4.65. The number of carbonyl (C=O) groups is 1. The lowest BCUT2D eigenvalue weighted by Gasteiger charge is -2.09. The van der Waals surface area contributed by atoms with Gasteiger partial charge in [0.2, 0.25) is 5.91 Å². The summed E-state index contributed by atoms with van der Waals surface area (Å²) in [6.07, 6.45) is 0. The van der Waals surface area contributed by atoms with Gasteiger partial charge in [-0.15, -0.1) is 0 Å². The second-order valence-corrected chi connectivity index (χ2v) is 6.61. The van der Waals surface area contributed by atoms with Crippen LogP contribution in [0.2, 0.25) is 5.02 Å². The summed E-state index contributed by atoms with van der Waals surface area (Å²) in [6, 6.07) is 10.4. The highest BCUT2D eigenvalue weighted by Gasteiger charge is 2.17. The molecule has 0 saturated heterocycles. The van der Waals surface area contributed by atoms with E-state index < -0.39 is 10.1 Å². The quantitative estimate of drug-likeness (QED) is 0.867. The Balaban J connectivity index is 2.21. The number of hydrogen-bond donors (Lipinski definition) is 1. The Labute approximate surface area is 134 Å². The van der Waals surface area contributed by atoms with Gasteiger partial charge < -0.3 is 9.50 Å². The largest absolute Gasteiger partial charge is 0.379 e. The van der Waals surface area contributed by atoms with Crippen LogP contribution in [0, 0.1) is 6.92 Å². The molecule has 0 bridgehead atoms. The van der Waals surface area contributed by atoms with Gasteiger partial charge in [-0.1, -0.05) is 11.6 Å². The molecule has 7 heteroatoms. The maximum atomic E-state index is 12.2. The standard InChI is InChI=1S/C15H14ClNO4S/c1-10-9-14(7-8-15(10)16)22(19,20)21-13-5-3-12(4-6-13)17-11(2)18/h3-9H,1-2H3,(H,17,18). The fourth-order valence-corrected chi connectivity index (χ4v) is 2.88. The van der Waals surface area contributed by atoms with E-state index in [9.17, 15) is 13.2 Å². The van der Waals surface area contributed by atoms with E-state index >= 15 is 0 Å². The lowest BCUT2D eigenvalue weighted by molar-refractivity contribution is -0.114. The fraction of sp³-hybridized carbons (Fsp3) is 0.133. The van der Waals surface area contributed by atoms with Crippen molar-refractivity contribution in [2.45, 2.75) is 18.7 Å². The minimum absolute atomic E-state index is 0.0281. The molecular formula is C15H14ClNO4S. The van der Waals surface area contributed by atoms with Crippen LogP contribution < -0.4 is 9.50 Å². The van der Waals surface area contributed by atoms with Crippen LogP contribution in [0.4, 0.5) is 5.69 Å². The highest BCUT2D eigenvalue weighted by atomic mass is 35.5. The molecule has 2 aromatic carbocycles. The molecule has 1 N–H and O–H groups in total. The Bertz CT molecular complexity index is 801. The van der Waals surface area contributed by atoms with Crippen molar-refractivity contribution in [2.75, 3.05) is 5.32 Å². The van der Waals surface area contributed by atoms with E-state index in [4.69, 9.17) is 15.8 Å². The maximum Gasteiger partial charge on any atom is 0.339 e. The van der Waals surface area contributed by atoms with E-state index in [2.05, 4.69) is 5.32 Å². The zero-order valence-corrected chi connectivity index (χ0v) is 13.5. The molecule has 0 saturated carbocycles. The van der Waals surface area contributed by atoms with Gasteiger partial charge >= 0.3 is 10.1 Å². The topological polar surface area (TPSA) is 72.5 Å². The first kappa shape index (κ1) is 16.3. The minimum atomic E-state index is -3.93. The van der Waals surface area contributed by atoms with Crippen molar-refractivity contribution in [3.8, 4) is 5.75 Å². The Hall–Kier alpha value is -2.05. The number of amides is 1. The van der Waals surface area contributed by atoms with Crippen LogP contribution in [0.25, 0.3) is 0 Å². The Kier molecular flexibility index (Phi) is 4.73.